The summed E-state index contributed by atoms with van der Waals surface area (Å²) in [5, 5.41) is 12.1. The third-order valence-electron chi connectivity index (χ3n) is 5.41. The van der Waals surface area contributed by atoms with Gasteiger partial charge in [0.1, 0.15) is 5.75 Å². The van der Waals surface area contributed by atoms with Gasteiger partial charge in [0.05, 0.1) is 5.52 Å². The Morgan fingerprint density at radius 2 is 2.04 bits per heavy atom. The number of likely N-dealkylation sites (tertiary alicyclic amines) is 1. The average molecular weight is 367 g/mol. The molecule has 0 radical (unpaired) electrons. The van der Waals surface area contributed by atoms with Gasteiger partial charge in [-0.15, -0.1) is 0 Å². The zero-order chi connectivity index (χ0) is 18.1. The maximum Gasteiger partial charge on any atom is 0.120 e. The van der Waals surface area contributed by atoms with Crippen molar-refractivity contribution < 1.29 is 5.11 Å². The lowest BCUT2D eigenvalue weighted by molar-refractivity contribution is 0.151. The van der Waals surface area contributed by atoms with Gasteiger partial charge in [-0.1, -0.05) is 30.2 Å². The Hall–Kier alpha value is -2.10. The Kier molecular flexibility index (Phi) is 4.84. The Balaban J connectivity index is 1.72. The van der Waals surface area contributed by atoms with Gasteiger partial charge in [-0.2, -0.15) is 0 Å². The van der Waals surface area contributed by atoms with Crippen LogP contribution < -0.4 is 0 Å². The van der Waals surface area contributed by atoms with Gasteiger partial charge < -0.3 is 5.11 Å². The normalized spacial score (nSPS) is 18.3. The number of piperidine rings is 1. The molecule has 0 saturated carbocycles. The van der Waals surface area contributed by atoms with Crippen LogP contribution >= 0.6 is 11.6 Å². The first-order valence-corrected chi connectivity index (χ1v) is 9.60. The second kappa shape index (κ2) is 7.26. The predicted molar refractivity (Wildman–Crippen MR) is 108 cm³/mol. The van der Waals surface area contributed by atoms with Crippen LogP contribution in [0, 0.1) is 0 Å². The van der Waals surface area contributed by atoms with Gasteiger partial charge in [0, 0.05) is 34.8 Å². The van der Waals surface area contributed by atoms with Gasteiger partial charge >= 0.3 is 0 Å². The molecule has 4 rings (SSSR count). The maximum absolute atomic E-state index is 10.4. The Bertz CT molecular complexity index is 941. The summed E-state index contributed by atoms with van der Waals surface area (Å²) in [7, 11) is 0. The minimum atomic E-state index is 0.368. The van der Waals surface area contributed by atoms with Crippen LogP contribution in [-0.4, -0.2) is 27.6 Å². The summed E-state index contributed by atoms with van der Waals surface area (Å²) in [6.07, 6.45) is 5.58. The zero-order valence-electron chi connectivity index (χ0n) is 15.0. The van der Waals surface area contributed by atoms with E-state index in [0.29, 0.717) is 16.8 Å². The van der Waals surface area contributed by atoms with Crippen LogP contribution in [0.3, 0.4) is 0 Å². The van der Waals surface area contributed by atoms with Gasteiger partial charge in [0.2, 0.25) is 0 Å². The molecule has 134 valence electrons. The molecular formula is C22H23ClN2O. The highest BCUT2D eigenvalue weighted by molar-refractivity contribution is 6.31. The second-order valence-electron chi connectivity index (χ2n) is 7.18. The van der Waals surface area contributed by atoms with Crippen molar-refractivity contribution in [2.75, 3.05) is 6.54 Å². The van der Waals surface area contributed by atoms with E-state index in [1.165, 1.54) is 19.3 Å². The molecule has 0 spiro atoms. The number of phenolic OH excluding ortho intramolecular Hbond substituents is 1. The van der Waals surface area contributed by atoms with Crippen LogP contribution in [0.4, 0.5) is 0 Å². The summed E-state index contributed by atoms with van der Waals surface area (Å²) in [5.74, 6) is 0.368. The third-order valence-corrected chi connectivity index (χ3v) is 5.64. The Morgan fingerprint density at radius 3 is 2.88 bits per heavy atom. The molecule has 1 aliphatic heterocycles. The number of fused-ring (bicyclic) bond motifs is 1. The van der Waals surface area contributed by atoms with E-state index in [2.05, 4.69) is 22.9 Å². The average Bonchev–Trinajstić information content (AvgIpc) is 2.64. The van der Waals surface area contributed by atoms with Crippen molar-refractivity contribution in [3.63, 3.8) is 0 Å². The fourth-order valence-corrected chi connectivity index (χ4v) is 4.03. The lowest BCUT2D eigenvalue weighted by Crippen LogP contribution is -2.36. The van der Waals surface area contributed by atoms with E-state index in [-0.39, 0.29) is 0 Å². The first kappa shape index (κ1) is 17.3. The number of nitrogens with zero attached hydrogens (tertiary/aromatic N) is 2. The number of benzene rings is 2. The topological polar surface area (TPSA) is 36.4 Å². The lowest BCUT2D eigenvalue weighted by atomic mass is 9.98. The smallest absolute Gasteiger partial charge is 0.120 e. The maximum atomic E-state index is 10.4. The predicted octanol–water partition coefficient (Wildman–Crippen LogP) is 5.64. The number of aromatic nitrogens is 1. The fourth-order valence-electron chi connectivity index (χ4n) is 3.86. The summed E-state index contributed by atoms with van der Waals surface area (Å²) in [6.45, 7) is 4.16. The lowest BCUT2D eigenvalue weighted by Gasteiger charge is -2.33. The van der Waals surface area contributed by atoms with E-state index < -0.39 is 0 Å². The minimum absolute atomic E-state index is 0.368. The van der Waals surface area contributed by atoms with E-state index in [9.17, 15) is 5.11 Å². The molecule has 1 aliphatic rings. The SMILES string of the molecule is C[C@H]1CCCCN1Cc1cc(-c2ccnc3cc(Cl)ccc23)ccc1O. The highest BCUT2D eigenvalue weighted by Gasteiger charge is 2.19. The molecule has 0 amide bonds. The fraction of sp³-hybridized carbons (Fsp3) is 0.318. The van der Waals surface area contributed by atoms with E-state index >= 15 is 0 Å². The van der Waals surface area contributed by atoms with E-state index in [0.717, 1.165) is 40.7 Å². The number of pyridine rings is 1. The van der Waals surface area contributed by atoms with Crippen LogP contribution in [0.25, 0.3) is 22.0 Å². The standard InChI is InChI=1S/C22H23ClN2O/c1-15-4-2-3-11-25(15)14-17-12-16(5-8-22(17)26)19-9-10-24-21-13-18(23)6-7-20(19)21/h5-10,12-13,15,26H,2-4,11,14H2,1H3/t15-/m0/s1. The van der Waals surface area contributed by atoms with E-state index in [4.69, 9.17) is 11.6 Å². The van der Waals surface area contributed by atoms with Crippen molar-refractivity contribution in [1.82, 2.24) is 9.88 Å². The van der Waals surface area contributed by atoms with Crippen LogP contribution in [-0.2, 0) is 6.54 Å². The number of rotatable bonds is 3. The van der Waals surface area contributed by atoms with Crippen LogP contribution in [0.1, 0.15) is 31.7 Å². The van der Waals surface area contributed by atoms with Gasteiger partial charge in [-0.3, -0.25) is 9.88 Å². The number of hydrogen-bond donors (Lipinski definition) is 1. The molecule has 0 aliphatic carbocycles. The van der Waals surface area contributed by atoms with Gasteiger partial charge in [-0.25, -0.2) is 0 Å². The second-order valence-corrected chi connectivity index (χ2v) is 7.62. The first-order chi connectivity index (χ1) is 12.6. The number of hydrogen-bond acceptors (Lipinski definition) is 3. The van der Waals surface area contributed by atoms with Crippen LogP contribution in [0.2, 0.25) is 5.02 Å². The molecule has 3 aromatic rings. The number of aromatic hydroxyl groups is 1. The van der Waals surface area contributed by atoms with Crippen molar-refractivity contribution in [3.8, 4) is 16.9 Å². The van der Waals surface area contributed by atoms with Gasteiger partial charge in [0.25, 0.3) is 0 Å². The number of phenols is 1. The molecule has 4 heteroatoms. The summed E-state index contributed by atoms with van der Waals surface area (Å²) in [6, 6.07) is 14.3. The zero-order valence-corrected chi connectivity index (χ0v) is 15.7. The highest BCUT2D eigenvalue weighted by Crippen LogP contribution is 2.33. The molecule has 1 aromatic heterocycles. The summed E-state index contributed by atoms with van der Waals surface area (Å²) < 4.78 is 0. The summed E-state index contributed by atoms with van der Waals surface area (Å²) in [5.41, 5.74) is 4.07. The van der Waals surface area contributed by atoms with E-state index in [1.807, 2.05) is 42.6 Å². The molecule has 0 unspecified atom stereocenters. The molecule has 1 atom stereocenters. The van der Waals surface area contributed by atoms with Crippen molar-refractivity contribution in [2.45, 2.75) is 38.8 Å². The molecule has 0 bridgehead atoms. The molecule has 26 heavy (non-hydrogen) atoms. The molecule has 2 heterocycles. The first-order valence-electron chi connectivity index (χ1n) is 9.22. The van der Waals surface area contributed by atoms with Crippen LogP contribution in [0.5, 0.6) is 5.75 Å². The minimum Gasteiger partial charge on any atom is -0.508 e. The number of halogens is 1. The van der Waals surface area contributed by atoms with Crippen molar-refractivity contribution in [1.29, 1.82) is 0 Å². The largest absolute Gasteiger partial charge is 0.508 e. The van der Waals surface area contributed by atoms with Crippen molar-refractivity contribution in [2.24, 2.45) is 0 Å². The third kappa shape index (κ3) is 3.42. The van der Waals surface area contributed by atoms with Gasteiger partial charge in [-0.05, 0) is 67.8 Å². The highest BCUT2D eigenvalue weighted by atomic mass is 35.5. The van der Waals surface area contributed by atoms with Crippen molar-refractivity contribution in [3.05, 3.63) is 59.2 Å². The molecule has 2 aromatic carbocycles. The Labute approximate surface area is 159 Å². The molecular weight excluding hydrogens is 344 g/mol. The van der Waals surface area contributed by atoms with Crippen LogP contribution in [0.15, 0.2) is 48.7 Å². The molecule has 1 N–H and O–H groups in total. The molecule has 1 fully saturated rings. The summed E-state index contributed by atoms with van der Waals surface area (Å²) in [4.78, 5) is 6.89. The Morgan fingerprint density at radius 1 is 1.15 bits per heavy atom. The summed E-state index contributed by atoms with van der Waals surface area (Å²) >= 11 is 6.11. The van der Waals surface area contributed by atoms with E-state index in [1.54, 1.807) is 0 Å². The quantitative estimate of drug-likeness (QED) is 0.652. The molecule has 1 saturated heterocycles. The van der Waals surface area contributed by atoms with Crippen molar-refractivity contribution >= 4 is 22.5 Å². The van der Waals surface area contributed by atoms with Gasteiger partial charge in [0.15, 0.2) is 0 Å². The monoisotopic (exact) mass is 366 g/mol. The molecule has 3 nitrogen and oxygen atoms in total.